The van der Waals surface area contributed by atoms with Crippen LogP contribution >= 0.6 is 0 Å². The molecule has 2 heterocycles. The third kappa shape index (κ3) is 1.56. The SMILES string of the molecule is CC(C)c1cnc2c(C(=O)O)ncn2c1. The van der Waals surface area contributed by atoms with E-state index < -0.39 is 5.97 Å². The summed E-state index contributed by atoms with van der Waals surface area (Å²) < 4.78 is 1.64. The maximum atomic E-state index is 10.8. The van der Waals surface area contributed by atoms with Crippen molar-refractivity contribution in [2.45, 2.75) is 19.8 Å². The monoisotopic (exact) mass is 205 g/mol. The van der Waals surface area contributed by atoms with E-state index in [-0.39, 0.29) is 5.69 Å². The Kier molecular flexibility index (Phi) is 2.15. The Morgan fingerprint density at radius 2 is 2.20 bits per heavy atom. The van der Waals surface area contributed by atoms with Gasteiger partial charge in [0.2, 0.25) is 0 Å². The van der Waals surface area contributed by atoms with Gasteiger partial charge in [-0.3, -0.25) is 4.40 Å². The van der Waals surface area contributed by atoms with Gasteiger partial charge in [-0.05, 0) is 11.5 Å². The van der Waals surface area contributed by atoms with Gasteiger partial charge in [0.1, 0.15) is 6.33 Å². The zero-order valence-electron chi connectivity index (χ0n) is 8.51. The second-order valence-electron chi connectivity index (χ2n) is 3.67. The summed E-state index contributed by atoms with van der Waals surface area (Å²) in [5.41, 5.74) is 1.43. The summed E-state index contributed by atoms with van der Waals surface area (Å²) in [5, 5.41) is 8.83. The van der Waals surface area contributed by atoms with Gasteiger partial charge in [-0.2, -0.15) is 0 Å². The lowest BCUT2D eigenvalue weighted by atomic mass is 10.1. The van der Waals surface area contributed by atoms with Crippen LogP contribution < -0.4 is 0 Å². The molecule has 5 heteroatoms. The molecule has 0 spiro atoms. The fraction of sp³-hybridized carbons (Fsp3) is 0.300. The first-order chi connectivity index (χ1) is 7.09. The number of aromatic carboxylic acids is 1. The first kappa shape index (κ1) is 9.64. The van der Waals surface area contributed by atoms with E-state index in [1.54, 1.807) is 10.6 Å². The van der Waals surface area contributed by atoms with Crippen molar-refractivity contribution in [3.05, 3.63) is 30.0 Å². The minimum absolute atomic E-state index is 0.00898. The summed E-state index contributed by atoms with van der Waals surface area (Å²) in [4.78, 5) is 18.7. The second kappa shape index (κ2) is 3.34. The van der Waals surface area contributed by atoms with Gasteiger partial charge in [-0.15, -0.1) is 0 Å². The van der Waals surface area contributed by atoms with Crippen LogP contribution in [0.2, 0.25) is 0 Å². The minimum Gasteiger partial charge on any atom is -0.476 e. The van der Waals surface area contributed by atoms with Crippen LogP contribution in [0.4, 0.5) is 0 Å². The molecule has 0 amide bonds. The smallest absolute Gasteiger partial charge is 0.358 e. The number of carboxylic acid groups (broad SMARTS) is 1. The molecular weight excluding hydrogens is 194 g/mol. The largest absolute Gasteiger partial charge is 0.476 e. The number of rotatable bonds is 2. The maximum absolute atomic E-state index is 10.8. The molecule has 0 fully saturated rings. The lowest BCUT2D eigenvalue weighted by Gasteiger charge is -2.04. The minimum atomic E-state index is -1.05. The molecule has 0 aromatic carbocycles. The van der Waals surface area contributed by atoms with Crippen molar-refractivity contribution in [3.63, 3.8) is 0 Å². The molecule has 0 saturated carbocycles. The van der Waals surface area contributed by atoms with Gasteiger partial charge >= 0.3 is 5.97 Å². The Morgan fingerprint density at radius 3 is 2.80 bits per heavy atom. The average molecular weight is 205 g/mol. The highest BCUT2D eigenvalue weighted by atomic mass is 16.4. The molecule has 0 radical (unpaired) electrons. The van der Waals surface area contributed by atoms with E-state index in [1.807, 2.05) is 6.20 Å². The summed E-state index contributed by atoms with van der Waals surface area (Å²) >= 11 is 0. The van der Waals surface area contributed by atoms with Gasteiger partial charge < -0.3 is 5.11 Å². The lowest BCUT2D eigenvalue weighted by molar-refractivity contribution is 0.0693. The quantitative estimate of drug-likeness (QED) is 0.807. The Bertz CT molecular complexity index is 516. The molecule has 0 atom stereocenters. The molecule has 78 valence electrons. The predicted octanol–water partition coefficient (Wildman–Crippen LogP) is 1.55. The first-order valence-corrected chi connectivity index (χ1v) is 4.65. The fourth-order valence-electron chi connectivity index (χ4n) is 1.36. The van der Waals surface area contributed by atoms with Crippen LogP contribution in [0.3, 0.4) is 0 Å². The van der Waals surface area contributed by atoms with E-state index in [9.17, 15) is 4.79 Å². The van der Waals surface area contributed by atoms with Crippen LogP contribution in [0.5, 0.6) is 0 Å². The molecule has 0 saturated heterocycles. The second-order valence-corrected chi connectivity index (χ2v) is 3.67. The van der Waals surface area contributed by atoms with Crippen molar-refractivity contribution >= 4 is 11.6 Å². The Balaban J connectivity index is 2.61. The molecule has 15 heavy (non-hydrogen) atoms. The Hall–Kier alpha value is -1.91. The zero-order chi connectivity index (χ0) is 11.0. The molecule has 2 aromatic heterocycles. The van der Waals surface area contributed by atoms with Gasteiger partial charge in [0.25, 0.3) is 0 Å². The number of aromatic nitrogens is 3. The molecule has 0 aliphatic heterocycles. The van der Waals surface area contributed by atoms with Crippen LogP contribution in [-0.2, 0) is 0 Å². The van der Waals surface area contributed by atoms with Gasteiger partial charge in [0.05, 0.1) is 0 Å². The normalized spacial score (nSPS) is 11.1. The van der Waals surface area contributed by atoms with Crippen molar-refractivity contribution in [3.8, 4) is 0 Å². The summed E-state index contributed by atoms with van der Waals surface area (Å²) in [6.45, 7) is 4.11. The highest BCUT2D eigenvalue weighted by Crippen LogP contribution is 2.14. The number of nitrogens with zero attached hydrogens (tertiary/aromatic N) is 3. The van der Waals surface area contributed by atoms with Crippen molar-refractivity contribution < 1.29 is 9.90 Å². The lowest BCUT2D eigenvalue weighted by Crippen LogP contribution is -2.00. The van der Waals surface area contributed by atoms with E-state index >= 15 is 0 Å². The van der Waals surface area contributed by atoms with Gasteiger partial charge in [-0.25, -0.2) is 14.8 Å². The van der Waals surface area contributed by atoms with Crippen LogP contribution in [0, 0.1) is 0 Å². The molecule has 0 unspecified atom stereocenters. The topological polar surface area (TPSA) is 67.5 Å². The van der Waals surface area contributed by atoms with Crippen LogP contribution in [0.25, 0.3) is 5.65 Å². The van der Waals surface area contributed by atoms with E-state index in [2.05, 4.69) is 23.8 Å². The third-order valence-electron chi connectivity index (χ3n) is 2.26. The van der Waals surface area contributed by atoms with E-state index in [4.69, 9.17) is 5.11 Å². The standard InChI is InChI=1S/C10H11N3O2/c1-6(2)7-3-11-9-8(10(14)15)12-5-13(9)4-7/h3-6H,1-2H3,(H,14,15). The number of hydrogen-bond donors (Lipinski definition) is 1. The van der Waals surface area contributed by atoms with E-state index in [0.717, 1.165) is 5.56 Å². The molecule has 5 nitrogen and oxygen atoms in total. The molecule has 2 rings (SSSR count). The predicted molar refractivity (Wildman–Crippen MR) is 54.0 cm³/mol. The Labute approximate surface area is 86.4 Å². The number of hydrogen-bond acceptors (Lipinski definition) is 3. The third-order valence-corrected chi connectivity index (χ3v) is 2.26. The Morgan fingerprint density at radius 1 is 1.47 bits per heavy atom. The number of fused-ring (bicyclic) bond motifs is 1. The number of carboxylic acids is 1. The van der Waals surface area contributed by atoms with Gasteiger partial charge in [0, 0.05) is 12.4 Å². The van der Waals surface area contributed by atoms with Crippen LogP contribution in [0.1, 0.15) is 35.8 Å². The van der Waals surface area contributed by atoms with Gasteiger partial charge in [0.15, 0.2) is 11.3 Å². The van der Waals surface area contributed by atoms with Crippen molar-refractivity contribution in [1.82, 2.24) is 14.4 Å². The molecule has 2 aromatic rings. The van der Waals surface area contributed by atoms with Crippen molar-refractivity contribution in [2.75, 3.05) is 0 Å². The van der Waals surface area contributed by atoms with Crippen molar-refractivity contribution in [2.24, 2.45) is 0 Å². The van der Waals surface area contributed by atoms with E-state index in [1.165, 1.54) is 6.33 Å². The summed E-state index contributed by atoms with van der Waals surface area (Å²) in [6, 6.07) is 0. The molecule has 0 bridgehead atoms. The molecule has 1 N–H and O–H groups in total. The van der Waals surface area contributed by atoms with Crippen LogP contribution in [-0.4, -0.2) is 25.4 Å². The summed E-state index contributed by atoms with van der Waals surface area (Å²) in [7, 11) is 0. The maximum Gasteiger partial charge on any atom is 0.358 e. The highest BCUT2D eigenvalue weighted by molar-refractivity contribution is 5.92. The molecule has 0 aliphatic rings. The van der Waals surface area contributed by atoms with Crippen molar-refractivity contribution in [1.29, 1.82) is 0 Å². The fourth-order valence-corrected chi connectivity index (χ4v) is 1.36. The molecular formula is C10H11N3O2. The average Bonchev–Trinajstić information content (AvgIpc) is 2.59. The first-order valence-electron chi connectivity index (χ1n) is 4.65. The highest BCUT2D eigenvalue weighted by Gasteiger charge is 2.13. The van der Waals surface area contributed by atoms with Crippen LogP contribution in [0.15, 0.2) is 18.7 Å². The summed E-state index contributed by atoms with van der Waals surface area (Å²) in [6.07, 6.45) is 5.01. The zero-order valence-corrected chi connectivity index (χ0v) is 8.51. The molecule has 0 aliphatic carbocycles. The number of imidazole rings is 1. The summed E-state index contributed by atoms with van der Waals surface area (Å²) in [5.74, 6) is -0.695. The number of carbonyl (C=O) groups is 1. The van der Waals surface area contributed by atoms with E-state index in [0.29, 0.717) is 11.6 Å². The van der Waals surface area contributed by atoms with Gasteiger partial charge in [-0.1, -0.05) is 13.8 Å².